The molecule has 4 heteroatoms. The third-order valence-electron chi connectivity index (χ3n) is 4.10. The Bertz CT molecular complexity index is 528. The van der Waals surface area contributed by atoms with Gasteiger partial charge in [0.1, 0.15) is 0 Å². The summed E-state index contributed by atoms with van der Waals surface area (Å²) in [5.41, 5.74) is 2.49. The van der Waals surface area contributed by atoms with Crippen molar-refractivity contribution in [3.63, 3.8) is 0 Å². The molecule has 0 radical (unpaired) electrons. The Morgan fingerprint density at radius 1 is 1.15 bits per heavy atom. The van der Waals surface area contributed by atoms with Crippen LogP contribution in [0.25, 0.3) is 5.52 Å². The standard InChI is InChI=1S/C16H24N4/c1-3-9-19(10-4-1)11-6-8-17-13-15-14-18-20-12-5-2-7-16(15)20/h2,5,7,12,14,17H,1,3-4,6,8-11,13H2. The topological polar surface area (TPSA) is 32.6 Å². The van der Waals surface area contributed by atoms with Gasteiger partial charge in [-0.1, -0.05) is 12.5 Å². The molecule has 2 aromatic heterocycles. The van der Waals surface area contributed by atoms with Gasteiger partial charge in [-0.3, -0.25) is 0 Å². The zero-order chi connectivity index (χ0) is 13.6. The number of pyridine rings is 1. The van der Waals surface area contributed by atoms with Crippen molar-refractivity contribution in [3.05, 3.63) is 36.2 Å². The van der Waals surface area contributed by atoms with Gasteiger partial charge < -0.3 is 10.2 Å². The van der Waals surface area contributed by atoms with Crippen molar-refractivity contribution in [2.45, 2.75) is 32.2 Å². The third-order valence-corrected chi connectivity index (χ3v) is 4.10. The molecule has 0 atom stereocenters. The van der Waals surface area contributed by atoms with Gasteiger partial charge in [-0.05, 0) is 57.6 Å². The highest BCUT2D eigenvalue weighted by molar-refractivity contribution is 5.53. The summed E-state index contributed by atoms with van der Waals surface area (Å²) in [5.74, 6) is 0. The molecule has 1 aliphatic rings. The average Bonchev–Trinajstić information content (AvgIpc) is 2.91. The van der Waals surface area contributed by atoms with Crippen molar-refractivity contribution in [3.8, 4) is 0 Å². The number of likely N-dealkylation sites (tertiary alicyclic amines) is 1. The van der Waals surface area contributed by atoms with Gasteiger partial charge in [0.25, 0.3) is 0 Å². The van der Waals surface area contributed by atoms with Crippen molar-refractivity contribution in [1.29, 1.82) is 0 Å². The summed E-state index contributed by atoms with van der Waals surface area (Å²) >= 11 is 0. The summed E-state index contributed by atoms with van der Waals surface area (Å²) in [6.45, 7) is 5.83. The molecule has 20 heavy (non-hydrogen) atoms. The van der Waals surface area contributed by atoms with Gasteiger partial charge in [-0.15, -0.1) is 0 Å². The monoisotopic (exact) mass is 272 g/mol. The zero-order valence-corrected chi connectivity index (χ0v) is 12.1. The predicted octanol–water partition coefficient (Wildman–Crippen LogP) is 2.30. The van der Waals surface area contributed by atoms with Gasteiger partial charge in [0.15, 0.2) is 0 Å². The number of hydrogen-bond acceptors (Lipinski definition) is 3. The molecule has 0 bridgehead atoms. The molecule has 1 saturated heterocycles. The second-order valence-electron chi connectivity index (χ2n) is 5.63. The Morgan fingerprint density at radius 2 is 2.05 bits per heavy atom. The van der Waals surface area contributed by atoms with Crippen LogP contribution in [0.15, 0.2) is 30.6 Å². The minimum Gasteiger partial charge on any atom is -0.312 e. The Hall–Kier alpha value is -1.39. The molecule has 0 unspecified atom stereocenters. The molecule has 0 aromatic carbocycles. The van der Waals surface area contributed by atoms with Crippen molar-refractivity contribution >= 4 is 5.52 Å². The lowest BCUT2D eigenvalue weighted by atomic mass is 10.1. The molecule has 1 aliphatic heterocycles. The maximum atomic E-state index is 4.36. The maximum absolute atomic E-state index is 4.36. The van der Waals surface area contributed by atoms with E-state index in [4.69, 9.17) is 0 Å². The molecule has 2 aromatic rings. The fourth-order valence-corrected chi connectivity index (χ4v) is 2.96. The van der Waals surface area contributed by atoms with Gasteiger partial charge >= 0.3 is 0 Å². The molecule has 3 heterocycles. The van der Waals surface area contributed by atoms with Crippen LogP contribution in [0.1, 0.15) is 31.2 Å². The molecular formula is C16H24N4. The summed E-state index contributed by atoms with van der Waals surface area (Å²) in [4.78, 5) is 2.60. The molecule has 108 valence electrons. The molecule has 3 rings (SSSR count). The van der Waals surface area contributed by atoms with Gasteiger partial charge in [0.05, 0.1) is 11.7 Å². The van der Waals surface area contributed by atoms with E-state index in [1.54, 1.807) is 0 Å². The first-order valence-corrected chi connectivity index (χ1v) is 7.78. The number of hydrogen-bond donors (Lipinski definition) is 1. The van der Waals surface area contributed by atoms with Crippen molar-refractivity contribution in [2.75, 3.05) is 26.2 Å². The Labute approximate surface area is 120 Å². The number of aromatic nitrogens is 2. The zero-order valence-electron chi connectivity index (χ0n) is 12.1. The van der Waals surface area contributed by atoms with E-state index in [9.17, 15) is 0 Å². The average molecular weight is 272 g/mol. The highest BCUT2D eigenvalue weighted by atomic mass is 15.2. The van der Waals surface area contributed by atoms with Crippen LogP contribution in [0.3, 0.4) is 0 Å². The largest absolute Gasteiger partial charge is 0.312 e. The van der Waals surface area contributed by atoms with E-state index in [0.717, 1.165) is 13.1 Å². The number of nitrogens with one attached hydrogen (secondary N) is 1. The molecule has 0 aliphatic carbocycles. The van der Waals surface area contributed by atoms with Crippen LogP contribution < -0.4 is 5.32 Å². The lowest BCUT2D eigenvalue weighted by Crippen LogP contribution is -2.32. The highest BCUT2D eigenvalue weighted by Gasteiger charge is 2.08. The summed E-state index contributed by atoms with van der Waals surface area (Å²) in [5, 5.41) is 7.90. The first kappa shape index (κ1) is 13.6. The minimum atomic E-state index is 0.910. The van der Waals surface area contributed by atoms with Crippen LogP contribution in [0.4, 0.5) is 0 Å². The smallest absolute Gasteiger partial charge is 0.0706 e. The van der Waals surface area contributed by atoms with E-state index >= 15 is 0 Å². The van der Waals surface area contributed by atoms with Gasteiger partial charge in [-0.2, -0.15) is 5.10 Å². The van der Waals surface area contributed by atoms with E-state index in [-0.39, 0.29) is 0 Å². The van der Waals surface area contributed by atoms with Gasteiger partial charge in [0.2, 0.25) is 0 Å². The SMILES string of the molecule is c1ccn2ncc(CNCCCN3CCCCC3)c2c1. The molecule has 0 spiro atoms. The van der Waals surface area contributed by atoms with Crippen LogP contribution in [0.5, 0.6) is 0 Å². The number of piperidine rings is 1. The first-order valence-electron chi connectivity index (χ1n) is 7.78. The molecule has 4 nitrogen and oxygen atoms in total. The second-order valence-corrected chi connectivity index (χ2v) is 5.63. The van der Waals surface area contributed by atoms with Gasteiger partial charge in [-0.25, -0.2) is 4.52 Å². The van der Waals surface area contributed by atoms with Crippen LogP contribution in [0, 0.1) is 0 Å². The fraction of sp³-hybridized carbons (Fsp3) is 0.562. The van der Waals surface area contributed by atoms with Gasteiger partial charge in [0, 0.05) is 18.3 Å². The molecule has 1 N–H and O–H groups in total. The molecule has 0 saturated carbocycles. The lowest BCUT2D eigenvalue weighted by molar-refractivity contribution is 0.225. The van der Waals surface area contributed by atoms with Crippen molar-refractivity contribution in [1.82, 2.24) is 19.8 Å². The Balaban J connectivity index is 1.39. The van der Waals surface area contributed by atoms with E-state index in [1.165, 1.54) is 56.4 Å². The van der Waals surface area contributed by atoms with Crippen LogP contribution in [-0.4, -0.2) is 40.7 Å². The molecule has 0 amide bonds. The first-order chi connectivity index (χ1) is 9.93. The molecular weight excluding hydrogens is 248 g/mol. The molecule has 1 fully saturated rings. The third kappa shape index (κ3) is 3.38. The second kappa shape index (κ2) is 6.86. The fourth-order valence-electron chi connectivity index (χ4n) is 2.96. The van der Waals surface area contributed by atoms with Crippen molar-refractivity contribution in [2.24, 2.45) is 0 Å². The van der Waals surface area contributed by atoms with E-state index in [2.05, 4.69) is 27.4 Å². The Kier molecular flexibility index (Phi) is 4.66. The van der Waals surface area contributed by atoms with Crippen LogP contribution in [-0.2, 0) is 6.54 Å². The van der Waals surface area contributed by atoms with E-state index in [1.807, 2.05) is 23.0 Å². The van der Waals surface area contributed by atoms with Crippen LogP contribution in [0.2, 0.25) is 0 Å². The minimum absolute atomic E-state index is 0.910. The summed E-state index contributed by atoms with van der Waals surface area (Å²) in [7, 11) is 0. The highest BCUT2D eigenvalue weighted by Crippen LogP contribution is 2.10. The Morgan fingerprint density at radius 3 is 2.95 bits per heavy atom. The van der Waals surface area contributed by atoms with Crippen LogP contribution >= 0.6 is 0 Å². The number of rotatable bonds is 6. The normalized spacial score (nSPS) is 16.8. The summed E-state index contributed by atoms with van der Waals surface area (Å²) in [6, 6.07) is 6.20. The summed E-state index contributed by atoms with van der Waals surface area (Å²) in [6.07, 6.45) is 9.39. The maximum Gasteiger partial charge on any atom is 0.0706 e. The summed E-state index contributed by atoms with van der Waals surface area (Å²) < 4.78 is 1.94. The van der Waals surface area contributed by atoms with Crippen molar-refractivity contribution < 1.29 is 0 Å². The quantitative estimate of drug-likeness (QED) is 0.819. The number of fused-ring (bicyclic) bond motifs is 1. The van der Waals surface area contributed by atoms with E-state index in [0.29, 0.717) is 0 Å². The lowest BCUT2D eigenvalue weighted by Gasteiger charge is -2.26. The number of nitrogens with zero attached hydrogens (tertiary/aromatic N) is 3. The predicted molar refractivity (Wildman–Crippen MR) is 81.8 cm³/mol. The van der Waals surface area contributed by atoms with E-state index < -0.39 is 0 Å².